The molecule has 0 fully saturated rings. The van der Waals surface area contributed by atoms with Gasteiger partial charge in [-0.1, -0.05) is 149 Å². The van der Waals surface area contributed by atoms with E-state index >= 15 is 0 Å². The highest BCUT2D eigenvalue weighted by molar-refractivity contribution is 7.05. The third kappa shape index (κ3) is 4.43. The van der Waals surface area contributed by atoms with Crippen molar-refractivity contribution in [2.75, 3.05) is 9.71 Å². The molecule has 4 heterocycles. The van der Waals surface area contributed by atoms with Crippen LogP contribution >= 0.6 is 0 Å². The number of anilines is 5. The fourth-order valence-corrected chi connectivity index (χ4v) is 13.4. The van der Waals surface area contributed by atoms with E-state index in [-0.39, 0.29) is 12.3 Å². The molecule has 12 rings (SSSR count). The molecule has 0 aliphatic carbocycles. The Labute approximate surface area is 334 Å². The van der Waals surface area contributed by atoms with E-state index in [4.69, 9.17) is 4.42 Å². The summed E-state index contributed by atoms with van der Waals surface area (Å²) in [5.74, 6) is 0. The summed E-state index contributed by atoms with van der Waals surface area (Å²) in [4.78, 5) is 5.31. The van der Waals surface area contributed by atoms with Crippen molar-refractivity contribution in [3.8, 4) is 22.3 Å². The number of furan rings is 1. The highest BCUT2D eigenvalue weighted by atomic mass is 28.3. The molecule has 0 N–H and O–H groups in total. The third-order valence-electron chi connectivity index (χ3n) is 13.1. The van der Waals surface area contributed by atoms with Crippen LogP contribution in [-0.2, 0) is 5.41 Å². The summed E-state index contributed by atoms with van der Waals surface area (Å²) in [6.07, 6.45) is 0. The lowest BCUT2D eigenvalue weighted by atomic mass is 9.43. The summed E-state index contributed by atoms with van der Waals surface area (Å²) in [7, 11) is -2.07. The van der Waals surface area contributed by atoms with E-state index in [9.17, 15) is 0 Å². The summed E-state index contributed by atoms with van der Waals surface area (Å²) in [6, 6.07) is 59.3. The maximum absolute atomic E-state index is 6.75. The molecule has 0 saturated carbocycles. The van der Waals surface area contributed by atoms with Crippen molar-refractivity contribution in [3.63, 3.8) is 0 Å². The number of hydrogen-bond acceptors (Lipinski definition) is 3. The lowest BCUT2D eigenvalue weighted by Crippen LogP contribution is -2.68. The van der Waals surface area contributed by atoms with Crippen molar-refractivity contribution in [2.24, 2.45) is 0 Å². The monoisotopic (exact) mass is 748 g/mol. The Morgan fingerprint density at radius 2 is 1.28 bits per heavy atom. The zero-order valence-corrected chi connectivity index (χ0v) is 33.9. The summed E-state index contributed by atoms with van der Waals surface area (Å²) in [5, 5.41) is 7.80. The summed E-state index contributed by atoms with van der Waals surface area (Å²) in [6.45, 7) is 11.9. The Morgan fingerprint density at radius 3 is 2.12 bits per heavy atom. The van der Waals surface area contributed by atoms with Gasteiger partial charge in [0.25, 0.3) is 0 Å². The van der Waals surface area contributed by atoms with Gasteiger partial charge in [-0.15, -0.1) is 0 Å². The minimum atomic E-state index is -2.07. The van der Waals surface area contributed by atoms with E-state index in [2.05, 4.69) is 201 Å². The molecule has 57 heavy (non-hydrogen) atoms. The van der Waals surface area contributed by atoms with Crippen molar-refractivity contribution >= 4 is 97.4 Å². The van der Waals surface area contributed by atoms with Gasteiger partial charge in [0.15, 0.2) is 0 Å². The molecule has 0 bridgehead atoms. The molecular weight excluding hydrogens is 707 g/mol. The van der Waals surface area contributed by atoms with Gasteiger partial charge < -0.3 is 14.1 Å². The molecule has 0 atom stereocenters. The molecule has 3 nitrogen and oxygen atoms in total. The molecule has 1 aromatic heterocycles. The maximum Gasteiger partial charge on any atom is 0.333 e. The van der Waals surface area contributed by atoms with E-state index in [1.54, 1.807) is 0 Å². The number of benzene rings is 8. The third-order valence-corrected chi connectivity index (χ3v) is 16.7. The van der Waals surface area contributed by atoms with Gasteiger partial charge in [0.1, 0.15) is 19.2 Å². The van der Waals surface area contributed by atoms with Crippen LogP contribution in [0, 0.1) is 0 Å². The van der Waals surface area contributed by atoms with Gasteiger partial charge >= 0.3 is 6.85 Å². The van der Waals surface area contributed by atoms with Gasteiger partial charge in [0.05, 0.1) is 5.69 Å². The normalized spacial score (nSPS) is 14.8. The first-order valence-corrected chi connectivity index (χ1v) is 23.2. The molecule has 3 aliphatic rings. The van der Waals surface area contributed by atoms with Gasteiger partial charge in [0, 0.05) is 44.6 Å². The summed E-state index contributed by atoms with van der Waals surface area (Å²) >= 11 is 0. The van der Waals surface area contributed by atoms with Gasteiger partial charge in [-0.25, -0.2) is 0 Å². The van der Waals surface area contributed by atoms with Crippen LogP contribution in [0.15, 0.2) is 162 Å². The maximum atomic E-state index is 6.75. The first-order chi connectivity index (χ1) is 27.7. The van der Waals surface area contributed by atoms with Gasteiger partial charge in [-0.2, -0.15) is 0 Å². The van der Waals surface area contributed by atoms with Crippen LogP contribution in [-0.4, -0.2) is 14.9 Å². The molecule has 9 aromatic rings. The number of nitrogens with zero attached hydrogens (tertiary/aromatic N) is 2. The molecule has 8 aromatic carbocycles. The SMILES string of the molecule is CC(C)(C)c1ccc(N2c3cc4c(cc3B3c5c2cc2ccccc2c5-c2cccc5c2N3c2ccccc2[Si]5(C)C)oc2ccccc24)c(-c2ccccc2)c1. The van der Waals surface area contributed by atoms with E-state index in [1.165, 1.54) is 88.3 Å². The van der Waals surface area contributed by atoms with Crippen LogP contribution in [0.3, 0.4) is 0 Å². The zero-order valence-electron chi connectivity index (χ0n) is 32.9. The lowest BCUT2D eigenvalue weighted by Gasteiger charge is -2.51. The van der Waals surface area contributed by atoms with E-state index in [1.807, 2.05) is 0 Å². The standard InChI is InChI=1S/C52H41BN2OSi/c1-52(2,3)34-26-27-41(38(29-34)32-16-7-6-8-17-32)54-43-30-39-36-20-11-13-23-45(36)56-46(39)31-40(43)53-50-44(54)28-33-18-9-10-19-35(33)49(50)37-21-15-25-48-51(37)55(53)42-22-12-14-24-47(42)57(48,4)5/h6-31H,1-5H3. The van der Waals surface area contributed by atoms with Gasteiger partial charge in [0.2, 0.25) is 0 Å². The molecule has 0 saturated heterocycles. The quantitative estimate of drug-likeness (QED) is 0.164. The molecule has 0 radical (unpaired) electrons. The van der Waals surface area contributed by atoms with Crippen molar-refractivity contribution < 1.29 is 4.42 Å². The summed E-state index contributed by atoms with van der Waals surface area (Å²) in [5.41, 5.74) is 17.1. The van der Waals surface area contributed by atoms with E-state index in [0.717, 1.165) is 21.9 Å². The van der Waals surface area contributed by atoms with Crippen LogP contribution in [0.25, 0.3) is 55.0 Å². The Hall–Kier alpha value is -6.30. The van der Waals surface area contributed by atoms with Crippen LogP contribution in [0.2, 0.25) is 13.1 Å². The second-order valence-corrected chi connectivity index (χ2v) is 22.0. The lowest BCUT2D eigenvalue weighted by molar-refractivity contribution is 0.590. The van der Waals surface area contributed by atoms with Crippen LogP contribution in [0.1, 0.15) is 26.3 Å². The van der Waals surface area contributed by atoms with E-state index < -0.39 is 8.07 Å². The highest BCUT2D eigenvalue weighted by Gasteiger charge is 2.51. The van der Waals surface area contributed by atoms with Crippen molar-refractivity contribution in [2.45, 2.75) is 39.3 Å². The van der Waals surface area contributed by atoms with Gasteiger partial charge in [-0.3, -0.25) is 0 Å². The smallest absolute Gasteiger partial charge is 0.333 e. The predicted molar refractivity (Wildman–Crippen MR) is 246 cm³/mol. The Balaban J connectivity index is 1.28. The first kappa shape index (κ1) is 32.9. The summed E-state index contributed by atoms with van der Waals surface area (Å²) < 4.78 is 6.75. The van der Waals surface area contributed by atoms with Crippen molar-refractivity contribution in [1.29, 1.82) is 0 Å². The first-order valence-electron chi connectivity index (χ1n) is 20.2. The van der Waals surface area contributed by atoms with Crippen LogP contribution in [0.4, 0.5) is 28.4 Å². The number of rotatable bonds is 2. The number of fused-ring (bicyclic) bond motifs is 11. The van der Waals surface area contributed by atoms with E-state index in [0.29, 0.717) is 0 Å². The second-order valence-electron chi connectivity index (χ2n) is 17.7. The molecule has 272 valence electrons. The topological polar surface area (TPSA) is 19.6 Å². The largest absolute Gasteiger partial charge is 0.456 e. The second kappa shape index (κ2) is 11.4. The number of para-hydroxylation sites is 3. The molecular formula is C52H41BN2OSi. The Bertz CT molecular complexity index is 3180. The van der Waals surface area contributed by atoms with Crippen molar-refractivity contribution in [3.05, 3.63) is 163 Å². The molecule has 0 spiro atoms. The zero-order chi connectivity index (χ0) is 38.4. The molecule has 0 unspecified atom stereocenters. The van der Waals surface area contributed by atoms with Crippen LogP contribution < -0.4 is 31.0 Å². The average molecular weight is 749 g/mol. The number of hydrogen-bond donors (Lipinski definition) is 0. The van der Waals surface area contributed by atoms with Crippen molar-refractivity contribution in [1.82, 2.24) is 0 Å². The fraction of sp³-hybridized carbons (Fsp3) is 0.115. The predicted octanol–water partition coefficient (Wildman–Crippen LogP) is 11.5. The van der Waals surface area contributed by atoms with Crippen LogP contribution in [0.5, 0.6) is 0 Å². The Kier molecular flexibility index (Phi) is 6.58. The molecule has 3 aliphatic heterocycles. The minimum Gasteiger partial charge on any atom is -0.456 e. The van der Waals surface area contributed by atoms with Gasteiger partial charge in [-0.05, 0) is 96.6 Å². The average Bonchev–Trinajstić information content (AvgIpc) is 3.59. The molecule has 5 heteroatoms. The Morgan fingerprint density at radius 1 is 0.544 bits per heavy atom. The fourth-order valence-electron chi connectivity index (χ4n) is 10.4. The molecule has 0 amide bonds. The minimum absolute atomic E-state index is 0.0168. The highest BCUT2D eigenvalue weighted by Crippen LogP contribution is 2.52.